The smallest absolute Gasteiger partial charge is 0.229 e. The van der Waals surface area contributed by atoms with Gasteiger partial charge in [0.2, 0.25) is 10.0 Å². The van der Waals surface area contributed by atoms with Gasteiger partial charge in [0.1, 0.15) is 10.8 Å². The highest BCUT2D eigenvalue weighted by molar-refractivity contribution is 7.92. The van der Waals surface area contributed by atoms with Crippen molar-refractivity contribution in [1.29, 1.82) is 0 Å². The number of nitrogens with one attached hydrogen (secondary N) is 1. The van der Waals surface area contributed by atoms with Gasteiger partial charge in [-0.1, -0.05) is 0 Å². The van der Waals surface area contributed by atoms with E-state index in [1.54, 1.807) is 29.2 Å². The van der Waals surface area contributed by atoms with Crippen LogP contribution in [0.1, 0.15) is 0 Å². The van der Waals surface area contributed by atoms with Gasteiger partial charge in [-0.25, -0.2) is 18.4 Å². The average Bonchev–Trinajstić information content (AvgIpc) is 3.30. The quantitative estimate of drug-likeness (QED) is 0.538. The number of aryl methyl sites for hydroxylation is 1. The lowest BCUT2D eigenvalue weighted by Crippen LogP contribution is -2.10. The summed E-state index contributed by atoms with van der Waals surface area (Å²) in [5, 5.41) is 7.69. The third-order valence-electron chi connectivity index (χ3n) is 4.09. The molecule has 0 unspecified atom stereocenters. The van der Waals surface area contributed by atoms with Crippen LogP contribution in [0.4, 0.5) is 5.69 Å². The molecule has 3 heterocycles. The number of thiazole rings is 1. The number of benzene rings is 1. The molecule has 0 saturated carbocycles. The van der Waals surface area contributed by atoms with Gasteiger partial charge in [0.15, 0.2) is 0 Å². The second-order valence-corrected chi connectivity index (χ2v) is 8.88. The van der Waals surface area contributed by atoms with Crippen LogP contribution < -0.4 is 9.46 Å². The molecule has 1 N–H and O–H groups in total. The zero-order valence-electron chi connectivity index (χ0n) is 15.4. The third-order valence-corrected chi connectivity index (χ3v) is 5.49. The van der Waals surface area contributed by atoms with E-state index < -0.39 is 10.0 Å². The summed E-state index contributed by atoms with van der Waals surface area (Å²) in [6.45, 7) is 0. The maximum Gasteiger partial charge on any atom is 0.229 e. The number of hydrogen-bond acceptors (Lipinski definition) is 7. The first-order chi connectivity index (χ1) is 13.3. The number of fused-ring (bicyclic) bond motifs is 1. The van der Waals surface area contributed by atoms with Gasteiger partial charge in [0.25, 0.3) is 0 Å². The second-order valence-electron chi connectivity index (χ2n) is 6.24. The normalized spacial score (nSPS) is 11.7. The molecule has 0 aliphatic rings. The number of hydrogen-bond donors (Lipinski definition) is 1. The van der Waals surface area contributed by atoms with Gasteiger partial charge in [-0.15, -0.1) is 11.3 Å². The molecule has 3 aromatic heterocycles. The van der Waals surface area contributed by atoms with Crippen LogP contribution in [-0.2, 0) is 17.1 Å². The average molecular weight is 416 g/mol. The van der Waals surface area contributed by atoms with E-state index in [4.69, 9.17) is 9.72 Å². The van der Waals surface area contributed by atoms with Crippen molar-refractivity contribution in [1.82, 2.24) is 19.7 Å². The second kappa shape index (κ2) is 6.88. The van der Waals surface area contributed by atoms with Gasteiger partial charge in [0, 0.05) is 47.4 Å². The number of nitrogens with zero attached hydrogens (tertiary/aromatic N) is 4. The summed E-state index contributed by atoms with van der Waals surface area (Å²) in [4.78, 5) is 9.17. The molecule has 4 rings (SSSR count). The molecule has 0 aliphatic heterocycles. The molecular weight excluding hydrogens is 398 g/mol. The maximum atomic E-state index is 11.8. The molecule has 10 heteroatoms. The Morgan fingerprint density at radius 1 is 1.25 bits per heavy atom. The molecule has 144 valence electrons. The van der Waals surface area contributed by atoms with Gasteiger partial charge in [-0.3, -0.25) is 9.40 Å². The standard InChI is InChI=1S/C18H17N5O3S2/c1-23-10-11(9-20-23)14-7-13(18-19-4-5-27-18)12-6-16(22-28(3,24)25)17(26-2)8-15(12)21-14/h4-10,22H,1-3H3. The van der Waals surface area contributed by atoms with Crippen LogP contribution >= 0.6 is 11.3 Å². The molecule has 0 aliphatic carbocycles. The van der Waals surface area contributed by atoms with Crippen LogP contribution in [0.5, 0.6) is 5.75 Å². The largest absolute Gasteiger partial charge is 0.494 e. The van der Waals surface area contributed by atoms with Crippen molar-refractivity contribution < 1.29 is 13.2 Å². The molecule has 28 heavy (non-hydrogen) atoms. The van der Waals surface area contributed by atoms with E-state index in [0.717, 1.165) is 33.5 Å². The number of ether oxygens (including phenoxy) is 1. The molecule has 0 bridgehead atoms. The molecule has 8 nitrogen and oxygen atoms in total. The Hall–Kier alpha value is -2.98. The Kier molecular flexibility index (Phi) is 4.52. The van der Waals surface area contributed by atoms with Crippen molar-refractivity contribution in [2.45, 2.75) is 0 Å². The van der Waals surface area contributed by atoms with E-state index in [-0.39, 0.29) is 0 Å². The minimum atomic E-state index is -3.47. The first-order valence-corrected chi connectivity index (χ1v) is 11.0. The summed E-state index contributed by atoms with van der Waals surface area (Å²) < 4.78 is 33.1. The number of rotatable bonds is 5. The zero-order valence-corrected chi connectivity index (χ0v) is 17.0. The Morgan fingerprint density at radius 3 is 2.68 bits per heavy atom. The van der Waals surface area contributed by atoms with E-state index in [2.05, 4.69) is 14.8 Å². The van der Waals surface area contributed by atoms with Crippen molar-refractivity contribution >= 4 is 38.0 Å². The van der Waals surface area contributed by atoms with Gasteiger partial charge >= 0.3 is 0 Å². The summed E-state index contributed by atoms with van der Waals surface area (Å²) in [5.41, 5.74) is 3.50. The predicted molar refractivity (Wildman–Crippen MR) is 110 cm³/mol. The molecule has 0 radical (unpaired) electrons. The minimum absolute atomic E-state index is 0.353. The van der Waals surface area contributed by atoms with Gasteiger partial charge in [0.05, 0.1) is 36.5 Å². The number of methoxy groups -OCH3 is 1. The van der Waals surface area contributed by atoms with Crippen LogP contribution in [0, 0.1) is 0 Å². The van der Waals surface area contributed by atoms with Crippen molar-refractivity contribution in [3.8, 4) is 27.6 Å². The fourth-order valence-corrected chi connectivity index (χ4v) is 4.16. The third kappa shape index (κ3) is 3.56. The van der Waals surface area contributed by atoms with Crippen LogP contribution in [0.15, 0.2) is 42.2 Å². The lowest BCUT2D eigenvalue weighted by Gasteiger charge is -2.13. The lowest BCUT2D eigenvalue weighted by atomic mass is 10.0. The van der Waals surface area contributed by atoms with Crippen molar-refractivity contribution in [3.05, 3.63) is 42.2 Å². The molecule has 0 amide bonds. The summed E-state index contributed by atoms with van der Waals surface area (Å²) in [6, 6.07) is 5.39. The number of aromatic nitrogens is 4. The predicted octanol–water partition coefficient (Wildman–Crippen LogP) is 3.14. The molecule has 4 aromatic rings. The van der Waals surface area contributed by atoms with E-state index >= 15 is 0 Å². The molecule has 0 saturated heterocycles. The molecule has 0 fully saturated rings. The number of anilines is 1. The fraction of sp³-hybridized carbons (Fsp3) is 0.167. The molecule has 1 aromatic carbocycles. The first kappa shape index (κ1) is 18.4. The summed E-state index contributed by atoms with van der Waals surface area (Å²) >= 11 is 1.50. The Morgan fingerprint density at radius 2 is 2.07 bits per heavy atom. The van der Waals surface area contributed by atoms with Crippen molar-refractivity contribution in [2.24, 2.45) is 7.05 Å². The van der Waals surface area contributed by atoms with Crippen LogP contribution in [0.2, 0.25) is 0 Å². The summed E-state index contributed by atoms with van der Waals surface area (Å²) in [7, 11) is -0.135. The highest BCUT2D eigenvalue weighted by Gasteiger charge is 2.17. The molecule has 0 spiro atoms. The first-order valence-electron chi connectivity index (χ1n) is 8.23. The van der Waals surface area contributed by atoms with Gasteiger partial charge in [-0.05, 0) is 12.1 Å². The van der Waals surface area contributed by atoms with E-state index in [9.17, 15) is 8.42 Å². The van der Waals surface area contributed by atoms with Crippen LogP contribution in [0.25, 0.3) is 32.7 Å². The van der Waals surface area contributed by atoms with Crippen LogP contribution in [-0.4, -0.2) is 41.5 Å². The highest BCUT2D eigenvalue weighted by Crippen LogP contribution is 2.38. The Balaban J connectivity index is 2.01. The summed E-state index contributed by atoms with van der Waals surface area (Å²) in [5.74, 6) is 0.388. The van der Waals surface area contributed by atoms with E-state index in [0.29, 0.717) is 17.0 Å². The fourth-order valence-electron chi connectivity index (χ4n) is 2.94. The van der Waals surface area contributed by atoms with E-state index in [1.807, 2.05) is 24.7 Å². The van der Waals surface area contributed by atoms with E-state index in [1.165, 1.54) is 18.4 Å². The SMILES string of the molecule is COc1cc2nc(-c3cnn(C)c3)cc(-c3nccs3)c2cc1NS(C)(=O)=O. The van der Waals surface area contributed by atoms with Crippen molar-refractivity contribution in [3.63, 3.8) is 0 Å². The number of sulfonamides is 1. The summed E-state index contributed by atoms with van der Waals surface area (Å²) in [6.07, 6.45) is 6.46. The van der Waals surface area contributed by atoms with Gasteiger partial charge in [-0.2, -0.15) is 5.10 Å². The highest BCUT2D eigenvalue weighted by atomic mass is 32.2. The Bertz CT molecular complexity index is 1260. The number of pyridine rings is 1. The molecule has 0 atom stereocenters. The molecular formula is C18H17N5O3S2. The van der Waals surface area contributed by atoms with Crippen LogP contribution in [0.3, 0.4) is 0 Å². The van der Waals surface area contributed by atoms with Gasteiger partial charge < -0.3 is 4.74 Å². The monoisotopic (exact) mass is 415 g/mol. The minimum Gasteiger partial charge on any atom is -0.494 e. The lowest BCUT2D eigenvalue weighted by molar-refractivity contribution is 0.417. The van der Waals surface area contributed by atoms with Crippen molar-refractivity contribution in [2.75, 3.05) is 18.1 Å². The zero-order chi connectivity index (χ0) is 19.9. The Labute approximate surface area is 165 Å². The maximum absolute atomic E-state index is 11.8. The topological polar surface area (TPSA) is 99.0 Å².